The summed E-state index contributed by atoms with van der Waals surface area (Å²) in [6.07, 6.45) is 6.76. The second-order valence-electron chi connectivity index (χ2n) is 11.9. The Morgan fingerprint density at radius 2 is 1.87 bits per heavy atom. The summed E-state index contributed by atoms with van der Waals surface area (Å²) in [5, 5.41) is 16.1. The number of H-pyrrole nitrogens is 1. The highest BCUT2D eigenvalue weighted by atomic mass is 16.1. The second kappa shape index (κ2) is 9.53. The summed E-state index contributed by atoms with van der Waals surface area (Å²) in [6, 6.07) is 15.1. The molecule has 2 aliphatic rings. The van der Waals surface area contributed by atoms with Crippen LogP contribution in [0.4, 0.5) is 11.9 Å². The van der Waals surface area contributed by atoms with Crippen molar-refractivity contribution < 1.29 is 4.79 Å². The van der Waals surface area contributed by atoms with Gasteiger partial charge in [-0.15, -0.1) is 0 Å². The Bertz CT molecular complexity index is 1440. The molecular weight excluding hydrogens is 476 g/mol. The number of nitrogens with one attached hydrogen (secondary N) is 2. The van der Waals surface area contributed by atoms with Crippen molar-refractivity contribution in [1.29, 1.82) is 0 Å². The van der Waals surface area contributed by atoms with Gasteiger partial charge in [-0.1, -0.05) is 44.1 Å². The fourth-order valence-corrected chi connectivity index (χ4v) is 6.56. The van der Waals surface area contributed by atoms with E-state index < -0.39 is 0 Å². The minimum Gasteiger partial charge on any atom is -0.332 e. The lowest BCUT2D eigenvalue weighted by atomic mass is 9.71. The number of imidazole rings is 1. The number of carbonyl (C=O) groups excluding carboxylic acids is 1. The van der Waals surface area contributed by atoms with Gasteiger partial charge in [0, 0.05) is 18.7 Å². The summed E-state index contributed by atoms with van der Waals surface area (Å²) in [5.74, 6) is 1.82. The van der Waals surface area contributed by atoms with Gasteiger partial charge in [-0.05, 0) is 95.7 Å². The highest BCUT2D eigenvalue weighted by Gasteiger charge is 2.39. The Balaban J connectivity index is 1.33. The first kappa shape index (κ1) is 24.6. The number of amides is 1. The molecule has 0 aliphatic heterocycles. The van der Waals surface area contributed by atoms with Gasteiger partial charge >= 0.3 is 0 Å². The van der Waals surface area contributed by atoms with E-state index >= 15 is 0 Å². The van der Waals surface area contributed by atoms with Crippen LogP contribution < -0.4 is 10.2 Å². The Labute approximate surface area is 223 Å². The number of aromatic nitrogens is 6. The van der Waals surface area contributed by atoms with Gasteiger partial charge in [0.1, 0.15) is 0 Å². The molecule has 9 heteroatoms. The lowest BCUT2D eigenvalue weighted by Gasteiger charge is -2.44. The molecule has 1 amide bonds. The summed E-state index contributed by atoms with van der Waals surface area (Å²) in [5.41, 5.74) is 5.67. The quantitative estimate of drug-likeness (QED) is 0.369. The Kier molecular flexibility index (Phi) is 6.16. The first-order chi connectivity index (χ1) is 18.3. The number of fused-ring (bicyclic) bond motifs is 2. The third-order valence-electron chi connectivity index (χ3n) is 8.67. The molecule has 1 saturated carbocycles. The molecule has 2 N–H and O–H groups in total. The molecule has 0 bridgehead atoms. The standard InChI is InChI=1S/C29H36N8O/c1-29(2,3)20-11-13-21(14-12-20)37(28-30-23-7-5-6-8-25(23)36(28)4)24-16-10-18-17-19(9-15-22(18)24)26(38)31-27-32-34-35-33-27/h5-9,15,17,20-21,24H,10-14,16H2,1-4H3,(H2,31,32,33,34,35,38)/t20-,21-,24?. The summed E-state index contributed by atoms with van der Waals surface area (Å²) in [6.45, 7) is 7.13. The molecule has 38 heavy (non-hydrogen) atoms. The fraction of sp³-hybridized carbons (Fsp3) is 0.483. The SMILES string of the molecule is Cn1c(N(C2CCc3cc(C(=O)Nc4nnn[nH]4)ccc32)[C@H]2CC[C@H](C(C)(C)C)CC2)nc2ccccc21. The lowest BCUT2D eigenvalue weighted by Crippen LogP contribution is -2.43. The predicted molar refractivity (Wildman–Crippen MR) is 148 cm³/mol. The Hall–Kier alpha value is -3.75. The number of hydrogen-bond acceptors (Lipinski definition) is 6. The summed E-state index contributed by atoms with van der Waals surface area (Å²) in [4.78, 5) is 20.6. The van der Waals surface area contributed by atoms with E-state index in [0.29, 0.717) is 17.0 Å². The highest BCUT2D eigenvalue weighted by molar-refractivity contribution is 6.03. The third kappa shape index (κ3) is 4.44. The Morgan fingerprint density at radius 3 is 2.58 bits per heavy atom. The molecule has 198 valence electrons. The average Bonchev–Trinajstić information content (AvgIpc) is 3.64. The van der Waals surface area contributed by atoms with Crippen LogP contribution in [0.25, 0.3) is 11.0 Å². The van der Waals surface area contributed by atoms with Crippen molar-refractivity contribution in [1.82, 2.24) is 30.2 Å². The van der Waals surface area contributed by atoms with Crippen molar-refractivity contribution in [2.45, 2.75) is 71.4 Å². The zero-order chi connectivity index (χ0) is 26.4. The first-order valence-electron chi connectivity index (χ1n) is 13.7. The van der Waals surface area contributed by atoms with Gasteiger partial charge in [0.15, 0.2) is 0 Å². The van der Waals surface area contributed by atoms with Gasteiger partial charge in [0.2, 0.25) is 11.9 Å². The van der Waals surface area contributed by atoms with E-state index in [0.717, 1.165) is 35.7 Å². The number of rotatable bonds is 5. The molecular formula is C29H36N8O. The minimum atomic E-state index is -0.220. The molecule has 9 nitrogen and oxygen atoms in total. The molecule has 2 aromatic heterocycles. The molecule has 2 aliphatic carbocycles. The molecule has 4 aromatic rings. The minimum absolute atomic E-state index is 0.220. The number of para-hydroxylation sites is 2. The summed E-state index contributed by atoms with van der Waals surface area (Å²) in [7, 11) is 2.14. The second-order valence-corrected chi connectivity index (χ2v) is 11.9. The average molecular weight is 513 g/mol. The van der Waals surface area contributed by atoms with E-state index in [9.17, 15) is 4.79 Å². The van der Waals surface area contributed by atoms with Crippen LogP contribution in [0, 0.1) is 11.3 Å². The zero-order valence-electron chi connectivity index (χ0n) is 22.6. The largest absolute Gasteiger partial charge is 0.332 e. The highest BCUT2D eigenvalue weighted by Crippen LogP contribution is 2.45. The van der Waals surface area contributed by atoms with Gasteiger partial charge in [0.05, 0.1) is 17.1 Å². The number of carbonyl (C=O) groups is 1. The lowest BCUT2D eigenvalue weighted by molar-refractivity contribution is 0.102. The van der Waals surface area contributed by atoms with Crippen LogP contribution in [0.1, 0.15) is 80.4 Å². The van der Waals surface area contributed by atoms with Crippen LogP contribution in [-0.2, 0) is 13.5 Å². The van der Waals surface area contributed by atoms with Crippen molar-refractivity contribution in [3.8, 4) is 0 Å². The van der Waals surface area contributed by atoms with E-state index in [4.69, 9.17) is 4.98 Å². The number of nitrogens with zero attached hydrogens (tertiary/aromatic N) is 6. The maximum absolute atomic E-state index is 12.8. The predicted octanol–water partition coefficient (Wildman–Crippen LogP) is 5.44. The zero-order valence-corrected chi connectivity index (χ0v) is 22.6. The van der Waals surface area contributed by atoms with Crippen molar-refractivity contribution in [2.24, 2.45) is 18.4 Å². The fourth-order valence-electron chi connectivity index (χ4n) is 6.56. The van der Waals surface area contributed by atoms with Crippen molar-refractivity contribution in [3.63, 3.8) is 0 Å². The molecule has 2 aromatic carbocycles. The smallest absolute Gasteiger partial charge is 0.258 e. The van der Waals surface area contributed by atoms with E-state index in [1.807, 2.05) is 12.1 Å². The van der Waals surface area contributed by atoms with Crippen LogP contribution in [0.5, 0.6) is 0 Å². The van der Waals surface area contributed by atoms with Crippen LogP contribution >= 0.6 is 0 Å². The van der Waals surface area contributed by atoms with E-state index in [-0.39, 0.29) is 17.9 Å². The maximum Gasteiger partial charge on any atom is 0.258 e. The number of benzene rings is 2. The number of anilines is 2. The molecule has 0 radical (unpaired) electrons. The van der Waals surface area contributed by atoms with Gasteiger partial charge in [-0.3, -0.25) is 10.1 Å². The van der Waals surface area contributed by atoms with Crippen molar-refractivity contribution in [3.05, 3.63) is 59.2 Å². The number of aromatic amines is 1. The molecule has 1 fully saturated rings. The molecule has 0 saturated heterocycles. The monoisotopic (exact) mass is 512 g/mol. The van der Waals surface area contributed by atoms with E-state index in [1.54, 1.807) is 0 Å². The molecule has 6 rings (SSSR count). The van der Waals surface area contributed by atoms with E-state index in [2.05, 4.69) is 93.6 Å². The van der Waals surface area contributed by atoms with Crippen molar-refractivity contribution in [2.75, 3.05) is 10.2 Å². The van der Waals surface area contributed by atoms with Gasteiger partial charge in [-0.25, -0.2) is 10.1 Å². The number of aryl methyl sites for hydroxylation is 2. The number of tetrazole rings is 1. The Morgan fingerprint density at radius 1 is 1.08 bits per heavy atom. The first-order valence-corrected chi connectivity index (χ1v) is 13.7. The maximum atomic E-state index is 12.8. The molecule has 1 unspecified atom stereocenters. The number of hydrogen-bond donors (Lipinski definition) is 2. The van der Waals surface area contributed by atoms with Crippen LogP contribution in [0.3, 0.4) is 0 Å². The van der Waals surface area contributed by atoms with Crippen LogP contribution in [0.15, 0.2) is 42.5 Å². The topological polar surface area (TPSA) is 105 Å². The molecule has 1 atom stereocenters. The van der Waals surface area contributed by atoms with Gasteiger partial charge in [-0.2, -0.15) is 0 Å². The summed E-state index contributed by atoms with van der Waals surface area (Å²) < 4.78 is 2.26. The summed E-state index contributed by atoms with van der Waals surface area (Å²) >= 11 is 0. The van der Waals surface area contributed by atoms with Gasteiger partial charge in [0.25, 0.3) is 5.91 Å². The van der Waals surface area contributed by atoms with Crippen molar-refractivity contribution >= 4 is 28.8 Å². The van der Waals surface area contributed by atoms with Gasteiger partial charge < -0.3 is 9.47 Å². The van der Waals surface area contributed by atoms with Crippen LogP contribution in [0.2, 0.25) is 0 Å². The van der Waals surface area contributed by atoms with Crippen LogP contribution in [-0.4, -0.2) is 42.1 Å². The third-order valence-corrected chi connectivity index (χ3v) is 8.67. The molecule has 0 spiro atoms. The normalized spacial score (nSPS) is 21.4. The molecule has 2 heterocycles. The van der Waals surface area contributed by atoms with E-state index in [1.165, 1.54) is 36.8 Å².